The lowest BCUT2D eigenvalue weighted by atomic mass is 10.4. The van der Waals surface area contributed by atoms with Crippen molar-refractivity contribution in [3.05, 3.63) is 57.6 Å². The van der Waals surface area contributed by atoms with Crippen LogP contribution in [0.15, 0.2) is 55.6 Å². The maximum Gasteiger partial charge on any atom is 0.374 e. The number of ether oxygens (including phenoxy) is 1. The molecule has 20 heavy (non-hydrogen) atoms. The van der Waals surface area contributed by atoms with Crippen molar-refractivity contribution < 1.29 is 13.9 Å². The summed E-state index contributed by atoms with van der Waals surface area (Å²) in [5.41, 5.74) is -0.292. The van der Waals surface area contributed by atoms with E-state index in [4.69, 9.17) is 20.8 Å². The molecule has 0 amide bonds. The minimum atomic E-state index is -0.646. The molecule has 0 unspecified atom stereocenters. The van der Waals surface area contributed by atoms with Gasteiger partial charge >= 0.3 is 5.97 Å². The highest BCUT2D eigenvalue weighted by Crippen LogP contribution is 2.26. The number of rotatable bonds is 4. The van der Waals surface area contributed by atoms with Gasteiger partial charge in [-0.25, -0.2) is 4.79 Å². The fourth-order valence-electron chi connectivity index (χ4n) is 1.41. The van der Waals surface area contributed by atoms with Gasteiger partial charge in [-0.2, -0.15) is 0 Å². The number of hydrogen-bond donors (Lipinski definition) is 0. The molecule has 0 saturated carbocycles. The highest BCUT2D eigenvalue weighted by Gasteiger charge is 2.12. The first-order valence-electron chi connectivity index (χ1n) is 5.83. The molecular weight excluding hydrogens is 300 g/mol. The van der Waals surface area contributed by atoms with Crippen molar-refractivity contribution in [2.75, 3.05) is 6.61 Å². The van der Waals surface area contributed by atoms with E-state index in [2.05, 4.69) is 0 Å². The number of carbonyl (C=O) groups is 1. The monoisotopic (exact) mass is 310 g/mol. The second-order valence-corrected chi connectivity index (χ2v) is 5.30. The molecule has 0 bridgehead atoms. The van der Waals surface area contributed by atoms with Crippen LogP contribution >= 0.6 is 23.4 Å². The number of halogens is 1. The second kappa shape index (κ2) is 6.63. The van der Waals surface area contributed by atoms with Gasteiger partial charge in [0.25, 0.3) is 0 Å². The third-order valence-corrected chi connectivity index (χ3v) is 3.59. The third-order valence-electron chi connectivity index (χ3n) is 2.32. The van der Waals surface area contributed by atoms with E-state index in [9.17, 15) is 9.59 Å². The summed E-state index contributed by atoms with van der Waals surface area (Å²) in [5.74, 6) is -0.745. The van der Waals surface area contributed by atoms with E-state index in [1.165, 1.54) is 18.0 Å². The van der Waals surface area contributed by atoms with Crippen LogP contribution in [0.1, 0.15) is 17.5 Å². The first kappa shape index (κ1) is 14.7. The summed E-state index contributed by atoms with van der Waals surface area (Å²) >= 11 is 7.03. The Bertz CT molecular complexity index is 664. The van der Waals surface area contributed by atoms with Gasteiger partial charge in [0.05, 0.1) is 11.5 Å². The van der Waals surface area contributed by atoms with E-state index in [-0.39, 0.29) is 17.8 Å². The molecule has 2 rings (SSSR count). The van der Waals surface area contributed by atoms with Crippen LogP contribution in [0.5, 0.6) is 0 Å². The molecular formula is C14H11ClO4S. The smallest absolute Gasteiger partial charge is 0.374 e. The average Bonchev–Trinajstić information content (AvgIpc) is 2.43. The Morgan fingerprint density at radius 2 is 2.05 bits per heavy atom. The van der Waals surface area contributed by atoms with Crippen LogP contribution in [0.3, 0.4) is 0 Å². The standard InChI is InChI=1S/C14H11ClO4S/c1-2-18-14(17)12-7-11(16)13(8-19-12)20-10-5-3-9(15)4-6-10/h3-8H,2H2,1H3. The van der Waals surface area contributed by atoms with Crippen LogP contribution in [0.2, 0.25) is 5.02 Å². The Kier molecular flexibility index (Phi) is 4.87. The SMILES string of the molecule is CCOC(=O)c1cc(=O)c(Sc2ccc(Cl)cc2)co1. The number of carbonyl (C=O) groups excluding carboxylic acids is 1. The molecule has 4 nitrogen and oxygen atoms in total. The topological polar surface area (TPSA) is 56.5 Å². The minimum absolute atomic E-state index is 0.0997. The molecule has 1 heterocycles. The minimum Gasteiger partial charge on any atom is -0.460 e. The zero-order chi connectivity index (χ0) is 14.5. The molecule has 0 aliphatic rings. The van der Waals surface area contributed by atoms with Gasteiger partial charge in [-0.1, -0.05) is 23.4 Å². The normalized spacial score (nSPS) is 10.3. The molecule has 6 heteroatoms. The van der Waals surface area contributed by atoms with E-state index in [1.807, 2.05) is 0 Å². The molecule has 0 saturated heterocycles. The number of hydrogen-bond acceptors (Lipinski definition) is 5. The Morgan fingerprint density at radius 3 is 2.65 bits per heavy atom. The van der Waals surface area contributed by atoms with Gasteiger partial charge in [0.15, 0.2) is 5.43 Å². The van der Waals surface area contributed by atoms with Crippen molar-refractivity contribution in [3.8, 4) is 0 Å². The van der Waals surface area contributed by atoms with Crippen LogP contribution in [-0.4, -0.2) is 12.6 Å². The maximum absolute atomic E-state index is 11.9. The Balaban J connectivity index is 2.20. The summed E-state index contributed by atoms with van der Waals surface area (Å²) < 4.78 is 9.89. The Morgan fingerprint density at radius 1 is 1.35 bits per heavy atom. The van der Waals surface area contributed by atoms with Crippen molar-refractivity contribution >= 4 is 29.3 Å². The summed E-state index contributed by atoms with van der Waals surface area (Å²) in [7, 11) is 0. The van der Waals surface area contributed by atoms with Crippen LogP contribution in [0.25, 0.3) is 0 Å². The van der Waals surface area contributed by atoms with Gasteiger partial charge in [-0.05, 0) is 31.2 Å². The predicted octanol–water partition coefficient (Wildman–Crippen LogP) is 3.62. The molecule has 0 atom stereocenters. The van der Waals surface area contributed by atoms with Crippen LogP contribution in [0.4, 0.5) is 0 Å². The first-order chi connectivity index (χ1) is 9.60. The van der Waals surface area contributed by atoms with Gasteiger partial charge in [-0.3, -0.25) is 4.79 Å². The van der Waals surface area contributed by atoms with Gasteiger partial charge in [0, 0.05) is 16.0 Å². The Labute approximate surface area is 124 Å². The summed E-state index contributed by atoms with van der Waals surface area (Å²) in [5, 5.41) is 0.624. The fourth-order valence-corrected chi connectivity index (χ4v) is 2.32. The van der Waals surface area contributed by atoms with Crippen molar-refractivity contribution in [1.82, 2.24) is 0 Å². The van der Waals surface area contributed by atoms with Gasteiger partial charge in [0.1, 0.15) is 6.26 Å². The summed E-state index contributed by atoms with van der Waals surface area (Å²) in [6.07, 6.45) is 1.26. The van der Waals surface area contributed by atoms with Crippen LogP contribution in [0, 0.1) is 0 Å². The molecule has 0 radical (unpaired) electrons. The van der Waals surface area contributed by atoms with E-state index in [0.29, 0.717) is 9.92 Å². The third kappa shape index (κ3) is 3.65. The lowest BCUT2D eigenvalue weighted by Gasteiger charge is -2.03. The summed E-state index contributed by atoms with van der Waals surface area (Å²) in [6.45, 7) is 1.91. The number of benzene rings is 1. The molecule has 0 fully saturated rings. The predicted molar refractivity (Wildman–Crippen MR) is 76.5 cm³/mol. The van der Waals surface area contributed by atoms with E-state index in [0.717, 1.165) is 11.0 Å². The quantitative estimate of drug-likeness (QED) is 0.807. The molecule has 1 aromatic carbocycles. The molecule has 2 aromatic rings. The fraction of sp³-hybridized carbons (Fsp3) is 0.143. The molecule has 0 spiro atoms. The highest BCUT2D eigenvalue weighted by molar-refractivity contribution is 7.99. The van der Waals surface area contributed by atoms with E-state index < -0.39 is 5.97 Å². The van der Waals surface area contributed by atoms with Gasteiger partial charge in [-0.15, -0.1) is 0 Å². The largest absolute Gasteiger partial charge is 0.460 e. The van der Waals surface area contributed by atoms with Crippen molar-refractivity contribution in [1.29, 1.82) is 0 Å². The first-order valence-corrected chi connectivity index (χ1v) is 7.03. The molecule has 0 N–H and O–H groups in total. The van der Waals surface area contributed by atoms with Gasteiger partial charge in [0.2, 0.25) is 5.76 Å². The molecule has 0 aliphatic heterocycles. The van der Waals surface area contributed by atoms with Crippen LogP contribution in [-0.2, 0) is 4.74 Å². The molecule has 104 valence electrons. The lowest BCUT2D eigenvalue weighted by molar-refractivity contribution is 0.0486. The molecule has 0 aliphatic carbocycles. The van der Waals surface area contributed by atoms with Crippen molar-refractivity contribution in [2.24, 2.45) is 0 Å². The summed E-state index contributed by atoms with van der Waals surface area (Å²) in [6, 6.07) is 8.20. The molecule has 1 aromatic heterocycles. The van der Waals surface area contributed by atoms with Crippen LogP contribution < -0.4 is 5.43 Å². The lowest BCUT2D eigenvalue weighted by Crippen LogP contribution is -2.10. The van der Waals surface area contributed by atoms with E-state index in [1.54, 1.807) is 31.2 Å². The van der Waals surface area contributed by atoms with Gasteiger partial charge < -0.3 is 9.15 Å². The zero-order valence-electron chi connectivity index (χ0n) is 10.6. The van der Waals surface area contributed by atoms with Crippen molar-refractivity contribution in [3.63, 3.8) is 0 Å². The maximum atomic E-state index is 11.9. The summed E-state index contributed by atoms with van der Waals surface area (Å²) in [4.78, 5) is 24.6. The highest BCUT2D eigenvalue weighted by atomic mass is 35.5. The van der Waals surface area contributed by atoms with E-state index >= 15 is 0 Å². The average molecular weight is 311 g/mol. The second-order valence-electron chi connectivity index (χ2n) is 3.75. The Hall–Kier alpha value is -1.72. The van der Waals surface area contributed by atoms with Crippen molar-refractivity contribution in [2.45, 2.75) is 16.7 Å². The zero-order valence-corrected chi connectivity index (χ0v) is 12.2. The number of esters is 1.